The number of benzene rings is 1. The van der Waals surface area contributed by atoms with Gasteiger partial charge < -0.3 is 24.3 Å². The molecule has 0 atom stereocenters. The van der Waals surface area contributed by atoms with Crippen LogP contribution in [0.3, 0.4) is 0 Å². The van der Waals surface area contributed by atoms with Gasteiger partial charge in [0.05, 0.1) is 12.0 Å². The number of ether oxygens (including phenoxy) is 4. The largest absolute Gasteiger partial charge is 0.475 e. The van der Waals surface area contributed by atoms with E-state index in [-0.39, 0.29) is 12.7 Å². The molecule has 30 heavy (non-hydrogen) atoms. The van der Waals surface area contributed by atoms with Crippen LogP contribution in [0.15, 0.2) is 36.5 Å². The molecule has 1 aromatic carbocycles. The number of hydrogen-bond acceptors (Lipinski definition) is 6. The molecular weight excluding hydrogens is 384 g/mol. The van der Waals surface area contributed by atoms with Gasteiger partial charge in [-0.1, -0.05) is 31.4 Å². The van der Waals surface area contributed by atoms with Gasteiger partial charge in [0.1, 0.15) is 6.61 Å². The molecule has 0 saturated heterocycles. The molecule has 1 fully saturated rings. The second-order valence-corrected chi connectivity index (χ2v) is 7.70. The summed E-state index contributed by atoms with van der Waals surface area (Å²) in [6.07, 6.45) is 6.54. The van der Waals surface area contributed by atoms with Crippen molar-refractivity contribution in [1.29, 1.82) is 0 Å². The van der Waals surface area contributed by atoms with Crippen LogP contribution in [0.1, 0.15) is 43.2 Å². The van der Waals surface area contributed by atoms with Crippen molar-refractivity contribution >= 4 is 5.91 Å². The Labute approximate surface area is 176 Å². The van der Waals surface area contributed by atoms with Gasteiger partial charge in [-0.05, 0) is 36.6 Å². The molecule has 0 bridgehead atoms. The van der Waals surface area contributed by atoms with Crippen LogP contribution in [-0.4, -0.2) is 38.0 Å². The van der Waals surface area contributed by atoms with Gasteiger partial charge in [0.2, 0.25) is 18.6 Å². The van der Waals surface area contributed by atoms with E-state index in [4.69, 9.17) is 18.9 Å². The molecule has 7 nitrogen and oxygen atoms in total. The van der Waals surface area contributed by atoms with E-state index in [0.717, 1.165) is 49.0 Å². The maximum Gasteiger partial charge on any atom is 0.231 e. The SMILES string of the molecule is COCCOc1ncccc1CNC(=O)C1(c2ccc3c(c2)OCO3)CCCCC1. The highest BCUT2D eigenvalue weighted by Gasteiger charge is 2.41. The Balaban J connectivity index is 1.51. The van der Waals surface area contributed by atoms with Gasteiger partial charge in [0.25, 0.3) is 0 Å². The number of carbonyl (C=O) groups excluding carboxylic acids is 1. The van der Waals surface area contributed by atoms with Gasteiger partial charge in [-0.3, -0.25) is 4.79 Å². The van der Waals surface area contributed by atoms with E-state index in [1.807, 2.05) is 30.3 Å². The molecule has 2 heterocycles. The molecule has 1 aromatic heterocycles. The fourth-order valence-electron chi connectivity index (χ4n) is 4.25. The molecule has 2 aliphatic rings. The van der Waals surface area contributed by atoms with Gasteiger partial charge in [-0.25, -0.2) is 4.98 Å². The molecule has 4 rings (SSSR count). The van der Waals surface area contributed by atoms with E-state index in [0.29, 0.717) is 31.4 Å². The van der Waals surface area contributed by atoms with Crippen molar-refractivity contribution in [2.24, 2.45) is 0 Å². The lowest BCUT2D eigenvalue weighted by Gasteiger charge is -2.36. The predicted molar refractivity (Wildman–Crippen MR) is 111 cm³/mol. The van der Waals surface area contributed by atoms with E-state index >= 15 is 0 Å². The monoisotopic (exact) mass is 412 g/mol. The highest BCUT2D eigenvalue weighted by Crippen LogP contribution is 2.43. The Bertz CT molecular complexity index is 880. The van der Waals surface area contributed by atoms with Crippen molar-refractivity contribution in [3.05, 3.63) is 47.7 Å². The first-order valence-corrected chi connectivity index (χ1v) is 10.5. The molecule has 1 aliphatic carbocycles. The number of fused-ring (bicyclic) bond motifs is 1. The van der Waals surface area contributed by atoms with Gasteiger partial charge in [0.15, 0.2) is 11.5 Å². The first-order chi connectivity index (χ1) is 14.7. The number of nitrogens with one attached hydrogen (secondary N) is 1. The van der Waals surface area contributed by atoms with Crippen molar-refractivity contribution in [3.8, 4) is 17.4 Å². The highest BCUT2D eigenvalue weighted by atomic mass is 16.7. The molecule has 0 unspecified atom stereocenters. The normalized spacial score (nSPS) is 16.8. The molecule has 0 radical (unpaired) electrons. The van der Waals surface area contributed by atoms with Gasteiger partial charge in [-0.2, -0.15) is 0 Å². The number of carbonyl (C=O) groups is 1. The zero-order valence-electron chi connectivity index (χ0n) is 17.3. The summed E-state index contributed by atoms with van der Waals surface area (Å²) in [7, 11) is 1.63. The molecule has 1 aliphatic heterocycles. The molecule has 0 spiro atoms. The number of nitrogens with zero attached hydrogens (tertiary/aromatic N) is 1. The number of rotatable bonds is 8. The summed E-state index contributed by atoms with van der Waals surface area (Å²) in [5.74, 6) is 2.01. The second-order valence-electron chi connectivity index (χ2n) is 7.70. The van der Waals surface area contributed by atoms with Crippen LogP contribution in [0, 0.1) is 0 Å². The summed E-state index contributed by atoms with van der Waals surface area (Å²) in [5.41, 5.74) is 1.28. The van der Waals surface area contributed by atoms with Crippen LogP contribution in [0.4, 0.5) is 0 Å². The van der Waals surface area contributed by atoms with Crippen molar-refractivity contribution in [3.63, 3.8) is 0 Å². The average molecular weight is 412 g/mol. The topological polar surface area (TPSA) is 78.9 Å². The fraction of sp³-hybridized carbons (Fsp3) is 0.478. The summed E-state index contributed by atoms with van der Waals surface area (Å²) >= 11 is 0. The van der Waals surface area contributed by atoms with Crippen molar-refractivity contribution in [2.75, 3.05) is 27.1 Å². The fourth-order valence-corrected chi connectivity index (χ4v) is 4.25. The van der Waals surface area contributed by atoms with Crippen LogP contribution in [0.5, 0.6) is 17.4 Å². The summed E-state index contributed by atoms with van der Waals surface area (Å²) < 4.78 is 21.7. The van der Waals surface area contributed by atoms with E-state index in [9.17, 15) is 4.79 Å². The Morgan fingerprint density at radius 3 is 2.80 bits per heavy atom. The summed E-state index contributed by atoms with van der Waals surface area (Å²) in [6.45, 7) is 1.48. The lowest BCUT2D eigenvalue weighted by molar-refractivity contribution is -0.128. The van der Waals surface area contributed by atoms with Crippen LogP contribution in [0.25, 0.3) is 0 Å². The summed E-state index contributed by atoms with van der Waals surface area (Å²) in [6, 6.07) is 9.64. The Hall–Kier alpha value is -2.80. The summed E-state index contributed by atoms with van der Waals surface area (Å²) in [4.78, 5) is 17.8. The zero-order chi connectivity index (χ0) is 20.8. The lowest BCUT2D eigenvalue weighted by Crippen LogP contribution is -2.45. The number of aromatic nitrogens is 1. The van der Waals surface area contributed by atoms with E-state index in [2.05, 4.69) is 10.3 Å². The van der Waals surface area contributed by atoms with Crippen molar-refractivity contribution < 1.29 is 23.7 Å². The minimum Gasteiger partial charge on any atom is -0.475 e. The van der Waals surface area contributed by atoms with Crippen LogP contribution in [-0.2, 0) is 21.5 Å². The maximum atomic E-state index is 13.5. The third-order valence-corrected chi connectivity index (χ3v) is 5.88. The molecule has 160 valence electrons. The van der Waals surface area contributed by atoms with Gasteiger partial charge >= 0.3 is 0 Å². The molecule has 1 saturated carbocycles. The zero-order valence-corrected chi connectivity index (χ0v) is 17.3. The first kappa shape index (κ1) is 20.5. The molecule has 7 heteroatoms. The Morgan fingerprint density at radius 1 is 1.13 bits per heavy atom. The lowest BCUT2D eigenvalue weighted by atomic mass is 9.68. The van der Waals surface area contributed by atoms with Crippen LogP contribution >= 0.6 is 0 Å². The van der Waals surface area contributed by atoms with Crippen molar-refractivity contribution in [1.82, 2.24) is 10.3 Å². The van der Waals surface area contributed by atoms with Crippen LogP contribution in [0.2, 0.25) is 0 Å². The molecule has 2 aromatic rings. The third kappa shape index (κ3) is 4.21. The van der Waals surface area contributed by atoms with E-state index in [1.54, 1.807) is 13.3 Å². The smallest absolute Gasteiger partial charge is 0.231 e. The minimum atomic E-state index is -0.557. The summed E-state index contributed by atoms with van der Waals surface area (Å²) in [5, 5.41) is 3.14. The van der Waals surface area contributed by atoms with E-state index < -0.39 is 5.41 Å². The molecule has 1 N–H and O–H groups in total. The highest BCUT2D eigenvalue weighted by molar-refractivity contribution is 5.88. The number of pyridine rings is 1. The quantitative estimate of drug-likeness (QED) is 0.670. The van der Waals surface area contributed by atoms with Gasteiger partial charge in [0, 0.05) is 25.4 Å². The van der Waals surface area contributed by atoms with Crippen LogP contribution < -0.4 is 19.5 Å². The molecule has 1 amide bonds. The van der Waals surface area contributed by atoms with Crippen molar-refractivity contribution in [2.45, 2.75) is 44.1 Å². The number of hydrogen-bond donors (Lipinski definition) is 1. The maximum absolute atomic E-state index is 13.5. The first-order valence-electron chi connectivity index (χ1n) is 10.5. The Kier molecular flexibility index (Phi) is 6.38. The minimum absolute atomic E-state index is 0.0350. The molecular formula is C23H28N2O5. The number of methoxy groups -OCH3 is 1. The standard InChI is InChI=1S/C23H28N2O5/c1-27-12-13-28-21-17(6-5-11-24-21)15-25-22(26)23(9-3-2-4-10-23)18-7-8-19-20(14-18)30-16-29-19/h5-8,11,14H,2-4,9-10,12-13,15-16H2,1H3,(H,25,26). The van der Waals surface area contributed by atoms with E-state index in [1.165, 1.54) is 0 Å². The predicted octanol–water partition coefficient (Wildman–Crippen LogP) is 3.35. The Morgan fingerprint density at radius 2 is 1.97 bits per heavy atom. The second kappa shape index (κ2) is 9.34. The third-order valence-electron chi connectivity index (χ3n) is 5.88. The van der Waals surface area contributed by atoms with Gasteiger partial charge in [-0.15, -0.1) is 0 Å². The average Bonchev–Trinajstić information content (AvgIpc) is 3.27. The number of amides is 1.